The lowest BCUT2D eigenvalue weighted by Crippen LogP contribution is -2.20. The van der Waals surface area contributed by atoms with Gasteiger partial charge in [0.15, 0.2) is 0 Å². The van der Waals surface area contributed by atoms with E-state index in [-0.39, 0.29) is 10.8 Å². The normalized spacial score (nSPS) is 28.9. The van der Waals surface area contributed by atoms with Gasteiger partial charge in [0.05, 0.1) is 4.90 Å². The summed E-state index contributed by atoms with van der Waals surface area (Å²) in [6.45, 7) is 0.835. The molecular formula is C20H27N3O3S. The quantitative estimate of drug-likeness (QED) is 0.838. The van der Waals surface area contributed by atoms with Crippen molar-refractivity contribution in [3.05, 3.63) is 24.3 Å². The number of nitrogens with zero attached hydrogens (tertiary/aromatic N) is 2. The Bertz CT molecular complexity index is 848. The molecule has 1 aliphatic heterocycles. The highest BCUT2D eigenvalue weighted by Crippen LogP contribution is 2.49. The zero-order valence-corrected chi connectivity index (χ0v) is 16.5. The molecule has 2 saturated carbocycles. The number of rotatable bonds is 5. The summed E-state index contributed by atoms with van der Waals surface area (Å²) in [4.78, 5) is 14.4. The zero-order valence-electron chi connectivity index (χ0n) is 15.7. The fourth-order valence-electron chi connectivity index (χ4n) is 4.89. The first-order valence-electron chi connectivity index (χ1n) is 9.85. The fraction of sp³-hybridized carbons (Fsp3) is 0.600. The molecule has 3 fully saturated rings. The van der Waals surface area contributed by atoms with Crippen LogP contribution in [-0.2, 0) is 14.8 Å². The predicted octanol–water partition coefficient (Wildman–Crippen LogP) is 3.26. The van der Waals surface area contributed by atoms with Crippen molar-refractivity contribution >= 4 is 27.5 Å². The monoisotopic (exact) mass is 389 g/mol. The summed E-state index contributed by atoms with van der Waals surface area (Å²) >= 11 is 0. The second-order valence-electron chi connectivity index (χ2n) is 8.22. The van der Waals surface area contributed by atoms with Gasteiger partial charge in [-0.1, -0.05) is 6.42 Å². The van der Waals surface area contributed by atoms with Crippen LogP contribution in [0.4, 0.5) is 5.69 Å². The highest BCUT2D eigenvalue weighted by atomic mass is 32.2. The van der Waals surface area contributed by atoms with Gasteiger partial charge in [0.25, 0.3) is 10.0 Å². The van der Waals surface area contributed by atoms with Gasteiger partial charge in [-0.3, -0.25) is 4.79 Å². The topological polar surface area (TPSA) is 78.8 Å². The molecule has 1 saturated heterocycles. The number of amides is 1. The number of sulfonamides is 1. The Labute approximate surface area is 161 Å². The van der Waals surface area contributed by atoms with Crippen LogP contribution in [0, 0.1) is 17.8 Å². The average Bonchev–Trinajstić information content (AvgIpc) is 3.33. The third-order valence-electron chi connectivity index (χ3n) is 6.33. The second kappa shape index (κ2) is 7.26. The van der Waals surface area contributed by atoms with Crippen LogP contribution in [0.15, 0.2) is 33.6 Å². The summed E-state index contributed by atoms with van der Waals surface area (Å²) in [7, 11) is -1.86. The Morgan fingerprint density at radius 2 is 2.00 bits per heavy atom. The highest BCUT2D eigenvalue weighted by molar-refractivity contribution is 7.90. The predicted molar refractivity (Wildman–Crippen MR) is 105 cm³/mol. The van der Waals surface area contributed by atoms with Crippen molar-refractivity contribution < 1.29 is 13.2 Å². The minimum absolute atomic E-state index is 0.0241. The number of carbonyl (C=O) groups excluding carboxylic acids is 1. The van der Waals surface area contributed by atoms with Gasteiger partial charge >= 0.3 is 0 Å². The Balaban J connectivity index is 1.38. The van der Waals surface area contributed by atoms with Crippen LogP contribution >= 0.6 is 0 Å². The summed E-state index contributed by atoms with van der Waals surface area (Å²) in [5, 5.41) is 2.91. The van der Waals surface area contributed by atoms with Crippen LogP contribution in [0.5, 0.6) is 0 Å². The molecule has 6 nitrogen and oxygen atoms in total. The number of hydrogen-bond donors (Lipinski definition) is 1. The minimum Gasteiger partial charge on any atom is -0.362 e. The molecular weight excluding hydrogens is 362 g/mol. The minimum atomic E-state index is -3.71. The highest BCUT2D eigenvalue weighted by Gasteiger charge is 2.40. The average molecular weight is 390 g/mol. The molecule has 1 N–H and O–H groups in total. The smallest absolute Gasteiger partial charge is 0.283 e. The van der Waals surface area contributed by atoms with E-state index < -0.39 is 10.0 Å². The van der Waals surface area contributed by atoms with Crippen LogP contribution in [0.1, 0.15) is 44.9 Å². The second-order valence-corrected chi connectivity index (χ2v) is 9.82. The SMILES string of the molecule is CN1CCCC1=NS(=O)(=O)c1ccc(NC(=O)C[C@@H]2C[C@H]3CC[C@H]2C3)cc1. The Kier molecular flexibility index (Phi) is 4.97. The summed E-state index contributed by atoms with van der Waals surface area (Å²) in [6, 6.07) is 6.32. The molecule has 0 spiro atoms. The summed E-state index contributed by atoms with van der Waals surface area (Å²) in [6.07, 6.45) is 7.27. The van der Waals surface area contributed by atoms with Crippen molar-refractivity contribution in [2.45, 2.75) is 49.8 Å². The van der Waals surface area contributed by atoms with E-state index in [0.717, 1.165) is 24.8 Å². The molecule has 146 valence electrons. The van der Waals surface area contributed by atoms with E-state index in [0.29, 0.717) is 30.3 Å². The molecule has 2 bridgehead atoms. The van der Waals surface area contributed by atoms with Gasteiger partial charge in [-0.2, -0.15) is 8.42 Å². The Morgan fingerprint density at radius 1 is 1.22 bits per heavy atom. The van der Waals surface area contributed by atoms with Crippen molar-refractivity contribution in [1.29, 1.82) is 0 Å². The first kappa shape index (κ1) is 18.5. The van der Waals surface area contributed by atoms with Crippen LogP contribution in [0.25, 0.3) is 0 Å². The van der Waals surface area contributed by atoms with Gasteiger partial charge in [0.1, 0.15) is 5.84 Å². The molecule has 0 unspecified atom stereocenters. The van der Waals surface area contributed by atoms with Gasteiger partial charge in [0.2, 0.25) is 5.91 Å². The number of benzene rings is 1. The zero-order chi connectivity index (χ0) is 19.0. The number of anilines is 1. The van der Waals surface area contributed by atoms with Crippen LogP contribution < -0.4 is 5.32 Å². The first-order chi connectivity index (χ1) is 12.9. The molecule has 27 heavy (non-hydrogen) atoms. The summed E-state index contributed by atoms with van der Waals surface area (Å²) in [5.74, 6) is 2.70. The lowest BCUT2D eigenvalue weighted by molar-refractivity contribution is -0.117. The number of carbonyl (C=O) groups is 1. The van der Waals surface area contributed by atoms with Gasteiger partial charge in [-0.05, 0) is 67.7 Å². The molecule has 1 aromatic carbocycles. The van der Waals surface area contributed by atoms with Crippen molar-refractivity contribution in [3.63, 3.8) is 0 Å². The molecule has 1 amide bonds. The van der Waals surface area contributed by atoms with Crippen LogP contribution in [0.2, 0.25) is 0 Å². The van der Waals surface area contributed by atoms with E-state index in [4.69, 9.17) is 0 Å². The Hall–Kier alpha value is -1.89. The van der Waals surface area contributed by atoms with Crippen LogP contribution in [-0.4, -0.2) is 38.7 Å². The van der Waals surface area contributed by atoms with Crippen molar-refractivity contribution in [2.75, 3.05) is 18.9 Å². The summed E-state index contributed by atoms with van der Waals surface area (Å²) < 4.78 is 28.9. The molecule has 3 atom stereocenters. The van der Waals surface area contributed by atoms with Crippen molar-refractivity contribution in [3.8, 4) is 0 Å². The number of hydrogen-bond acceptors (Lipinski definition) is 3. The first-order valence-corrected chi connectivity index (χ1v) is 11.3. The van der Waals surface area contributed by atoms with Crippen molar-refractivity contribution in [2.24, 2.45) is 22.2 Å². The number of amidine groups is 1. The molecule has 1 aromatic rings. The third-order valence-corrected chi connectivity index (χ3v) is 7.65. The van der Waals surface area contributed by atoms with Crippen LogP contribution in [0.3, 0.4) is 0 Å². The molecule has 3 aliphatic rings. The molecule has 0 aromatic heterocycles. The molecule has 0 radical (unpaired) electrons. The fourth-order valence-corrected chi connectivity index (χ4v) is 5.98. The summed E-state index contributed by atoms with van der Waals surface area (Å²) in [5.41, 5.74) is 0.632. The maximum absolute atomic E-state index is 12.5. The van der Waals surface area contributed by atoms with Gasteiger partial charge in [-0.25, -0.2) is 0 Å². The molecule has 4 rings (SSSR count). The lowest BCUT2D eigenvalue weighted by atomic mass is 9.86. The number of fused-ring (bicyclic) bond motifs is 2. The largest absolute Gasteiger partial charge is 0.362 e. The number of likely N-dealkylation sites (tertiary alicyclic amines) is 1. The number of nitrogens with one attached hydrogen (secondary N) is 1. The van der Waals surface area contributed by atoms with E-state index in [1.165, 1.54) is 37.8 Å². The maximum Gasteiger partial charge on any atom is 0.283 e. The third kappa shape index (κ3) is 4.03. The molecule has 7 heteroatoms. The van der Waals surface area contributed by atoms with Gasteiger partial charge in [-0.15, -0.1) is 4.40 Å². The van der Waals surface area contributed by atoms with E-state index in [1.807, 2.05) is 11.9 Å². The molecule has 2 aliphatic carbocycles. The standard InChI is InChI=1S/C20H27N3O3S/c1-23-10-2-3-19(23)22-27(25,26)18-8-6-17(7-9-18)21-20(24)13-16-12-14-4-5-15(16)11-14/h6-9,14-16H,2-5,10-13H2,1H3,(H,21,24)/t14-,15-,16-/m0/s1. The van der Waals surface area contributed by atoms with E-state index in [1.54, 1.807) is 12.1 Å². The van der Waals surface area contributed by atoms with E-state index in [9.17, 15) is 13.2 Å². The Morgan fingerprint density at radius 3 is 2.59 bits per heavy atom. The van der Waals surface area contributed by atoms with Crippen molar-refractivity contribution in [1.82, 2.24) is 4.90 Å². The lowest BCUT2D eigenvalue weighted by Gasteiger charge is -2.20. The van der Waals surface area contributed by atoms with Gasteiger partial charge < -0.3 is 10.2 Å². The van der Waals surface area contributed by atoms with E-state index >= 15 is 0 Å². The molecule has 1 heterocycles. The maximum atomic E-state index is 12.5. The van der Waals surface area contributed by atoms with Gasteiger partial charge in [0, 0.05) is 32.1 Å². The van der Waals surface area contributed by atoms with E-state index in [2.05, 4.69) is 9.71 Å².